The molecule has 4 rings (SSSR count). The fourth-order valence-corrected chi connectivity index (χ4v) is 2.89. The van der Waals surface area contributed by atoms with Crippen LogP contribution in [0.4, 0.5) is 37.6 Å². The lowest BCUT2D eigenvalue weighted by molar-refractivity contribution is 0.618. The van der Waals surface area contributed by atoms with E-state index in [9.17, 15) is 8.78 Å². The van der Waals surface area contributed by atoms with Crippen LogP contribution in [0, 0.1) is 11.6 Å². The van der Waals surface area contributed by atoms with Crippen LogP contribution in [0.5, 0.6) is 0 Å². The second kappa shape index (κ2) is 6.98. The van der Waals surface area contributed by atoms with Gasteiger partial charge in [-0.25, -0.2) is 19.2 Å². The van der Waals surface area contributed by atoms with E-state index >= 15 is 0 Å². The van der Waals surface area contributed by atoms with E-state index in [1.54, 1.807) is 0 Å². The van der Waals surface area contributed by atoms with Gasteiger partial charge in [0.25, 0.3) is 0 Å². The molecule has 2 heterocycles. The third kappa shape index (κ3) is 3.62. The summed E-state index contributed by atoms with van der Waals surface area (Å²) in [5.74, 6) is -1.12. The Morgan fingerprint density at radius 2 is 1.85 bits per heavy atom. The van der Waals surface area contributed by atoms with E-state index in [0.717, 1.165) is 29.7 Å². The maximum atomic E-state index is 14.0. The van der Waals surface area contributed by atoms with E-state index in [1.807, 2.05) is 30.3 Å². The number of hydrogen-bond donors (Lipinski definition) is 3. The van der Waals surface area contributed by atoms with Gasteiger partial charge in [-0.1, -0.05) is 11.6 Å². The summed E-state index contributed by atoms with van der Waals surface area (Å²) in [4.78, 5) is 8.09. The quantitative estimate of drug-likeness (QED) is 0.617. The summed E-state index contributed by atoms with van der Waals surface area (Å²) >= 11 is 5.66. The van der Waals surface area contributed by atoms with E-state index in [0.29, 0.717) is 5.69 Å². The first-order valence-electron chi connectivity index (χ1n) is 8.11. The fourth-order valence-electron chi connectivity index (χ4n) is 2.78. The predicted molar refractivity (Wildman–Crippen MR) is 102 cm³/mol. The van der Waals surface area contributed by atoms with Gasteiger partial charge in [-0.15, -0.1) is 0 Å². The van der Waals surface area contributed by atoms with Crippen LogP contribution in [0.15, 0.2) is 42.6 Å². The van der Waals surface area contributed by atoms with Crippen molar-refractivity contribution in [1.82, 2.24) is 15.4 Å². The molecule has 1 aliphatic rings. The maximum Gasteiger partial charge on any atom is 0.229 e. The molecular formula is C18H15ClF2N6. The average molecular weight is 389 g/mol. The second-order valence-corrected chi connectivity index (χ2v) is 6.41. The first kappa shape index (κ1) is 17.4. The average Bonchev–Trinajstić information content (AvgIpc) is 3.01. The smallest absolute Gasteiger partial charge is 0.229 e. The van der Waals surface area contributed by atoms with Gasteiger partial charge in [-0.05, 0) is 42.0 Å². The van der Waals surface area contributed by atoms with Crippen LogP contribution in [0.25, 0.3) is 0 Å². The molecule has 6 nitrogen and oxygen atoms in total. The summed E-state index contributed by atoms with van der Waals surface area (Å²) in [6.45, 7) is 0.723. The number of halogens is 3. The van der Waals surface area contributed by atoms with Crippen molar-refractivity contribution >= 4 is 40.4 Å². The topological polar surface area (TPSA) is 65.1 Å². The summed E-state index contributed by atoms with van der Waals surface area (Å²) < 4.78 is 27.6. The predicted octanol–water partition coefficient (Wildman–Crippen LogP) is 4.35. The molecule has 3 aromatic rings. The zero-order valence-corrected chi connectivity index (χ0v) is 15.0. The number of fused-ring (bicyclic) bond motifs is 1. The molecule has 0 spiro atoms. The van der Waals surface area contributed by atoms with Crippen molar-refractivity contribution in [1.29, 1.82) is 0 Å². The molecule has 138 valence electrons. The van der Waals surface area contributed by atoms with Gasteiger partial charge in [0.2, 0.25) is 5.95 Å². The highest BCUT2D eigenvalue weighted by atomic mass is 35.5. The number of nitrogens with zero attached hydrogens (tertiary/aromatic N) is 3. The zero-order valence-electron chi connectivity index (χ0n) is 14.2. The Labute approximate surface area is 159 Å². The van der Waals surface area contributed by atoms with Crippen molar-refractivity contribution in [2.24, 2.45) is 0 Å². The largest absolute Gasteiger partial charge is 0.338 e. The Kier molecular flexibility index (Phi) is 4.51. The minimum atomic E-state index is -0.657. The molecular weight excluding hydrogens is 374 g/mol. The van der Waals surface area contributed by atoms with Crippen molar-refractivity contribution in [3.8, 4) is 0 Å². The molecule has 0 amide bonds. The number of aromatic nitrogens is 2. The van der Waals surface area contributed by atoms with E-state index < -0.39 is 11.6 Å². The van der Waals surface area contributed by atoms with E-state index in [4.69, 9.17) is 11.6 Å². The van der Waals surface area contributed by atoms with Gasteiger partial charge in [0.1, 0.15) is 5.82 Å². The summed E-state index contributed by atoms with van der Waals surface area (Å²) in [5, 5.41) is 7.72. The molecule has 3 N–H and O–H groups in total. The minimum Gasteiger partial charge on any atom is -0.338 e. The lowest BCUT2D eigenvalue weighted by atomic mass is 10.1. The molecule has 0 unspecified atom stereocenters. The Morgan fingerprint density at radius 3 is 2.67 bits per heavy atom. The molecule has 0 aliphatic carbocycles. The molecule has 9 heteroatoms. The molecule has 1 aliphatic heterocycles. The van der Waals surface area contributed by atoms with Crippen LogP contribution in [-0.4, -0.2) is 17.0 Å². The van der Waals surface area contributed by atoms with Crippen LogP contribution in [0.1, 0.15) is 5.56 Å². The minimum absolute atomic E-state index is 0.0113. The van der Waals surface area contributed by atoms with Crippen LogP contribution < -0.4 is 21.1 Å². The third-order valence-corrected chi connectivity index (χ3v) is 4.44. The van der Waals surface area contributed by atoms with Gasteiger partial charge >= 0.3 is 0 Å². The summed E-state index contributed by atoms with van der Waals surface area (Å²) in [5.41, 5.74) is 6.52. The monoisotopic (exact) mass is 388 g/mol. The highest BCUT2D eigenvalue weighted by Gasteiger charge is 2.15. The molecule has 27 heavy (non-hydrogen) atoms. The van der Waals surface area contributed by atoms with Crippen molar-refractivity contribution < 1.29 is 8.78 Å². The SMILES string of the molecule is CN1NCc2cc(Nc3ncc(F)c(Nc4ccc(Cl)c(F)c4)n3)ccc21. The Bertz CT molecular complexity index is 1010. The summed E-state index contributed by atoms with van der Waals surface area (Å²) in [6.07, 6.45) is 1.05. The van der Waals surface area contributed by atoms with E-state index in [1.165, 1.54) is 18.2 Å². The van der Waals surface area contributed by atoms with Gasteiger partial charge in [-0.2, -0.15) is 4.98 Å². The number of benzene rings is 2. The lowest BCUT2D eigenvalue weighted by Gasteiger charge is -2.13. The Morgan fingerprint density at radius 1 is 1.07 bits per heavy atom. The fraction of sp³-hybridized carbons (Fsp3) is 0.111. The molecule has 0 radical (unpaired) electrons. The van der Waals surface area contributed by atoms with Crippen LogP contribution in [0.3, 0.4) is 0 Å². The molecule has 0 atom stereocenters. The lowest BCUT2D eigenvalue weighted by Crippen LogP contribution is -2.26. The molecule has 0 saturated carbocycles. The number of nitrogens with one attached hydrogen (secondary N) is 3. The molecule has 0 bridgehead atoms. The van der Waals surface area contributed by atoms with Gasteiger partial charge < -0.3 is 15.6 Å². The summed E-state index contributed by atoms with van der Waals surface area (Å²) in [6, 6.07) is 9.91. The molecule has 0 saturated heterocycles. The van der Waals surface area contributed by atoms with Gasteiger partial charge in [0, 0.05) is 25.0 Å². The molecule has 0 fully saturated rings. The normalized spacial score (nSPS) is 12.8. The van der Waals surface area contributed by atoms with Gasteiger partial charge in [0.15, 0.2) is 11.6 Å². The summed E-state index contributed by atoms with van der Waals surface area (Å²) in [7, 11) is 1.94. The molecule has 1 aromatic heterocycles. The number of hydrazine groups is 1. The Balaban J connectivity index is 1.56. The van der Waals surface area contributed by atoms with Crippen LogP contribution >= 0.6 is 11.6 Å². The highest BCUT2D eigenvalue weighted by molar-refractivity contribution is 6.30. The van der Waals surface area contributed by atoms with Gasteiger partial charge in [-0.3, -0.25) is 0 Å². The van der Waals surface area contributed by atoms with Crippen LogP contribution in [-0.2, 0) is 6.54 Å². The number of rotatable bonds is 4. The van der Waals surface area contributed by atoms with Crippen LogP contribution in [0.2, 0.25) is 5.02 Å². The first-order chi connectivity index (χ1) is 13.0. The van der Waals surface area contributed by atoms with Gasteiger partial charge in [0.05, 0.1) is 16.9 Å². The zero-order chi connectivity index (χ0) is 19.0. The number of anilines is 5. The Hall–Kier alpha value is -2.97. The second-order valence-electron chi connectivity index (χ2n) is 6.01. The highest BCUT2D eigenvalue weighted by Crippen LogP contribution is 2.28. The van der Waals surface area contributed by atoms with Crippen molar-refractivity contribution in [3.63, 3.8) is 0 Å². The molecule has 2 aromatic carbocycles. The van der Waals surface area contributed by atoms with E-state index in [2.05, 4.69) is 26.0 Å². The van der Waals surface area contributed by atoms with Crippen molar-refractivity contribution in [3.05, 3.63) is 64.8 Å². The number of hydrogen-bond acceptors (Lipinski definition) is 6. The maximum absolute atomic E-state index is 14.0. The third-order valence-electron chi connectivity index (χ3n) is 4.13. The van der Waals surface area contributed by atoms with E-state index in [-0.39, 0.29) is 16.8 Å². The van der Waals surface area contributed by atoms with Crippen molar-refractivity contribution in [2.75, 3.05) is 22.7 Å². The standard InChI is InChI=1S/C18H15ClF2N6/c1-27-16-5-3-11(6-10(16)8-23-27)25-18-22-9-15(21)17(26-18)24-12-2-4-13(19)14(20)7-12/h2-7,9,23H,8H2,1H3,(H2,22,24,25,26). The first-order valence-corrected chi connectivity index (χ1v) is 8.49. The van der Waals surface area contributed by atoms with Crippen molar-refractivity contribution in [2.45, 2.75) is 6.54 Å².